The minimum atomic E-state index is -4.04. The molecule has 0 unspecified atom stereocenters. The molecule has 28 heavy (non-hydrogen) atoms. The Labute approximate surface area is 157 Å². The number of hydrogen-bond donors (Lipinski definition) is 0. The molecule has 1 heterocycles. The average molecular weight is 416 g/mol. The fourth-order valence-electron chi connectivity index (χ4n) is 2.62. The number of sulfone groups is 1. The summed E-state index contributed by atoms with van der Waals surface area (Å²) in [7, 11) is -4.04. The molecule has 0 aliphatic carbocycles. The first-order valence-electron chi connectivity index (χ1n) is 7.83. The van der Waals surface area contributed by atoms with Crippen LogP contribution in [0.2, 0.25) is 0 Å². The molecule has 0 saturated heterocycles. The van der Waals surface area contributed by atoms with Crippen LogP contribution in [0.5, 0.6) is 0 Å². The largest absolute Gasteiger partial charge is 0.282 e. The zero-order valence-electron chi connectivity index (χ0n) is 14.6. The Morgan fingerprint density at radius 1 is 0.964 bits per heavy atom. The number of aryl methyl sites for hydroxylation is 1. The molecule has 148 valence electrons. The third kappa shape index (κ3) is 3.64. The number of nitrogens with zero attached hydrogens (tertiary/aromatic N) is 2. The predicted octanol–water partition coefficient (Wildman–Crippen LogP) is 4.61. The molecule has 3 rings (SSSR count). The van der Waals surface area contributed by atoms with Crippen molar-refractivity contribution in [3.63, 3.8) is 0 Å². The average Bonchev–Trinajstić information content (AvgIpc) is 3.03. The molecule has 0 aliphatic heterocycles. The van der Waals surface area contributed by atoms with Gasteiger partial charge in [0.15, 0.2) is 9.84 Å². The molecule has 0 N–H and O–H groups in total. The number of rotatable bonds is 4. The third-order valence-electron chi connectivity index (χ3n) is 4.05. The Hall–Kier alpha value is -2.75. The summed E-state index contributed by atoms with van der Waals surface area (Å²) in [5, 5.41) is 3.66. The van der Waals surface area contributed by atoms with Crippen molar-refractivity contribution >= 4 is 9.84 Å². The van der Waals surface area contributed by atoms with Crippen molar-refractivity contribution in [2.75, 3.05) is 6.26 Å². The van der Waals surface area contributed by atoms with Crippen molar-refractivity contribution < 1.29 is 30.4 Å². The lowest BCUT2D eigenvalue weighted by atomic mass is 10.1. The van der Waals surface area contributed by atoms with Gasteiger partial charge in [0, 0.05) is 11.8 Å². The van der Waals surface area contributed by atoms with Crippen LogP contribution in [-0.4, -0.2) is 24.5 Å². The molecule has 0 saturated carbocycles. The summed E-state index contributed by atoms with van der Waals surface area (Å²) < 4.78 is 92.9. The second-order valence-corrected chi connectivity index (χ2v) is 8.12. The molecule has 0 fully saturated rings. The summed E-state index contributed by atoms with van der Waals surface area (Å²) in [5.41, 5.74) is -1.21. The van der Waals surface area contributed by atoms with Crippen molar-refractivity contribution in [1.82, 2.24) is 9.78 Å². The van der Waals surface area contributed by atoms with Crippen LogP contribution in [0.1, 0.15) is 17.7 Å². The summed E-state index contributed by atoms with van der Waals surface area (Å²) in [6.07, 6.45) is -2.31. The lowest BCUT2D eigenvalue weighted by Gasteiger charge is -2.11. The minimum Gasteiger partial charge on any atom is -0.232 e. The first-order valence-corrected chi connectivity index (χ1v) is 9.72. The molecule has 0 amide bonds. The number of halogens is 5. The lowest BCUT2D eigenvalue weighted by Crippen LogP contribution is -2.05. The highest BCUT2D eigenvalue weighted by Gasteiger charge is 2.24. The van der Waals surface area contributed by atoms with Crippen LogP contribution in [0, 0.1) is 24.4 Å². The van der Waals surface area contributed by atoms with Crippen molar-refractivity contribution in [3.8, 4) is 16.9 Å². The van der Waals surface area contributed by atoms with Crippen molar-refractivity contribution in [2.45, 2.75) is 18.2 Å². The van der Waals surface area contributed by atoms with Crippen molar-refractivity contribution in [2.24, 2.45) is 0 Å². The second-order valence-electron chi connectivity index (χ2n) is 6.14. The minimum absolute atomic E-state index is 0.0111. The van der Waals surface area contributed by atoms with Gasteiger partial charge in [0.1, 0.15) is 28.0 Å². The Morgan fingerprint density at radius 2 is 1.64 bits per heavy atom. The maximum absolute atomic E-state index is 14.6. The zero-order valence-corrected chi connectivity index (χ0v) is 15.4. The molecule has 0 bridgehead atoms. The Kier molecular flexibility index (Phi) is 5.00. The SMILES string of the molecule is Cc1ccc(-n2nc(C(F)F)cc2-c2cc(F)c(S(C)(=O)=O)cc2F)cc1F. The summed E-state index contributed by atoms with van der Waals surface area (Å²) in [4.78, 5) is -0.865. The Morgan fingerprint density at radius 3 is 2.21 bits per heavy atom. The molecule has 0 radical (unpaired) electrons. The number of benzene rings is 2. The Balaban J connectivity index is 2.27. The summed E-state index contributed by atoms with van der Waals surface area (Å²) >= 11 is 0. The summed E-state index contributed by atoms with van der Waals surface area (Å²) in [6.45, 7) is 1.49. The molecule has 4 nitrogen and oxygen atoms in total. The lowest BCUT2D eigenvalue weighted by molar-refractivity contribution is 0.145. The quantitative estimate of drug-likeness (QED) is 0.584. The highest BCUT2D eigenvalue weighted by Crippen LogP contribution is 2.32. The Bertz CT molecular complexity index is 1170. The maximum Gasteiger partial charge on any atom is 0.282 e. The highest BCUT2D eigenvalue weighted by atomic mass is 32.2. The highest BCUT2D eigenvalue weighted by molar-refractivity contribution is 7.90. The number of aromatic nitrogens is 2. The monoisotopic (exact) mass is 416 g/mol. The van der Waals surface area contributed by atoms with E-state index in [1.54, 1.807) is 0 Å². The van der Waals surface area contributed by atoms with E-state index in [0.717, 1.165) is 16.8 Å². The zero-order chi connectivity index (χ0) is 20.8. The third-order valence-corrected chi connectivity index (χ3v) is 5.16. The predicted molar refractivity (Wildman–Crippen MR) is 91.7 cm³/mol. The topological polar surface area (TPSA) is 52.0 Å². The van der Waals surface area contributed by atoms with E-state index in [4.69, 9.17) is 0 Å². The van der Waals surface area contributed by atoms with Gasteiger partial charge in [0.25, 0.3) is 6.43 Å². The molecule has 3 aromatic rings. The van der Waals surface area contributed by atoms with Gasteiger partial charge in [-0.2, -0.15) is 5.10 Å². The van der Waals surface area contributed by atoms with Crippen LogP contribution in [0.15, 0.2) is 41.3 Å². The molecule has 10 heteroatoms. The van der Waals surface area contributed by atoms with Gasteiger partial charge in [-0.15, -0.1) is 0 Å². The van der Waals surface area contributed by atoms with Crippen molar-refractivity contribution in [1.29, 1.82) is 0 Å². The first-order chi connectivity index (χ1) is 13.0. The van der Waals surface area contributed by atoms with E-state index in [0.29, 0.717) is 24.0 Å². The standard InChI is InChI=1S/C18H13F5N2O2S/c1-9-3-4-10(5-12(9)19)25-16(8-15(24-25)18(22)23)11-6-14(21)17(7-13(11)20)28(2,26)27/h3-8,18H,1-2H3. The second kappa shape index (κ2) is 7.01. The van der Waals surface area contributed by atoms with Gasteiger partial charge in [-0.25, -0.2) is 35.1 Å². The molecule has 0 spiro atoms. The van der Waals surface area contributed by atoms with E-state index in [1.807, 2.05) is 0 Å². The van der Waals surface area contributed by atoms with E-state index in [2.05, 4.69) is 5.10 Å². The molecule has 0 atom stereocenters. The van der Waals surface area contributed by atoms with Gasteiger partial charge in [-0.1, -0.05) is 6.07 Å². The van der Waals surface area contributed by atoms with Crippen LogP contribution < -0.4 is 0 Å². The smallest absolute Gasteiger partial charge is 0.232 e. The molecular weight excluding hydrogens is 403 g/mol. The van der Waals surface area contributed by atoms with Crippen molar-refractivity contribution in [3.05, 3.63) is 65.1 Å². The first kappa shape index (κ1) is 20.0. The van der Waals surface area contributed by atoms with E-state index in [9.17, 15) is 30.4 Å². The summed E-state index contributed by atoms with van der Waals surface area (Å²) in [5.74, 6) is -3.05. The fraction of sp³-hybridized carbons (Fsp3) is 0.167. The van der Waals surface area contributed by atoms with Crippen LogP contribution in [0.3, 0.4) is 0 Å². The van der Waals surface area contributed by atoms with Gasteiger partial charge in [0.2, 0.25) is 0 Å². The van der Waals surface area contributed by atoms with Crippen LogP contribution >= 0.6 is 0 Å². The van der Waals surface area contributed by atoms with Gasteiger partial charge in [-0.05, 0) is 42.8 Å². The van der Waals surface area contributed by atoms with Crippen LogP contribution in [0.25, 0.3) is 16.9 Å². The van der Waals surface area contributed by atoms with E-state index in [1.165, 1.54) is 19.1 Å². The molecule has 2 aromatic carbocycles. The molecule has 1 aromatic heterocycles. The summed E-state index contributed by atoms with van der Waals surface area (Å²) in [6, 6.07) is 5.65. The van der Waals surface area contributed by atoms with Crippen LogP contribution in [0.4, 0.5) is 22.0 Å². The van der Waals surface area contributed by atoms with Gasteiger partial charge in [-0.3, -0.25) is 0 Å². The van der Waals surface area contributed by atoms with Gasteiger partial charge >= 0.3 is 0 Å². The number of hydrogen-bond acceptors (Lipinski definition) is 3. The van der Waals surface area contributed by atoms with E-state index in [-0.39, 0.29) is 11.4 Å². The normalized spacial score (nSPS) is 12.0. The maximum atomic E-state index is 14.6. The van der Waals surface area contributed by atoms with E-state index >= 15 is 0 Å². The van der Waals surface area contributed by atoms with Gasteiger partial charge < -0.3 is 0 Å². The molecular formula is C18H13F5N2O2S. The number of alkyl halides is 2. The molecule has 0 aliphatic rings. The fourth-order valence-corrected chi connectivity index (χ4v) is 3.35. The van der Waals surface area contributed by atoms with Crippen LogP contribution in [-0.2, 0) is 9.84 Å². The van der Waals surface area contributed by atoms with E-state index < -0.39 is 49.9 Å². The van der Waals surface area contributed by atoms with Gasteiger partial charge in [0.05, 0.1) is 11.4 Å².